The van der Waals surface area contributed by atoms with Crippen LogP contribution in [-0.4, -0.2) is 96.7 Å². The molecule has 0 unspecified atom stereocenters. The molecule has 0 radical (unpaired) electrons. The molecule has 4 amide bonds. The maximum absolute atomic E-state index is 12.9. The maximum Gasteiger partial charge on any atom is 0.416 e. The summed E-state index contributed by atoms with van der Waals surface area (Å²) in [4.78, 5) is 55.7. The van der Waals surface area contributed by atoms with Crippen LogP contribution in [0.5, 0.6) is 0 Å². The first kappa shape index (κ1) is 30.0. The zero-order valence-electron chi connectivity index (χ0n) is 22.9. The van der Waals surface area contributed by atoms with Crippen molar-refractivity contribution < 1.29 is 32.3 Å². The molecule has 2 aromatic rings. The smallest absolute Gasteiger partial charge is 0.350 e. The Kier molecular flexibility index (Phi) is 9.64. The first-order valence-corrected chi connectivity index (χ1v) is 13.7. The SMILES string of the molecule is CCc1ccc(C(=O)N2CCN(C(=O)CN3CC[C@@H](NC(=O)CNC(=O)c4cccc(C(F)(F)F)c4)C3)CC2)cc1. The number of aryl methyl sites for hydroxylation is 1. The van der Waals surface area contributed by atoms with E-state index >= 15 is 0 Å². The number of nitrogens with zero attached hydrogens (tertiary/aromatic N) is 3. The fourth-order valence-electron chi connectivity index (χ4n) is 4.99. The van der Waals surface area contributed by atoms with Crippen LogP contribution in [-0.2, 0) is 22.2 Å². The lowest BCUT2D eigenvalue weighted by molar-refractivity contribution is -0.137. The summed E-state index contributed by atoms with van der Waals surface area (Å²) in [5.74, 6) is -1.32. The molecule has 41 heavy (non-hydrogen) atoms. The number of nitrogens with one attached hydrogen (secondary N) is 2. The van der Waals surface area contributed by atoms with E-state index in [0.717, 1.165) is 24.6 Å². The number of piperazine rings is 1. The maximum atomic E-state index is 12.9. The molecule has 2 heterocycles. The highest BCUT2D eigenvalue weighted by atomic mass is 19.4. The molecule has 2 aliphatic rings. The monoisotopic (exact) mass is 573 g/mol. The standard InChI is InChI=1S/C29H34F3N5O4/c1-2-20-6-8-21(9-7-20)28(41)37-14-12-36(13-15-37)26(39)19-35-11-10-24(18-35)34-25(38)17-33-27(40)22-4-3-5-23(16-22)29(30,31)32/h3-9,16,24H,2,10-15,17-19H2,1H3,(H,33,40)(H,34,38)/t24-/m1/s1. The summed E-state index contributed by atoms with van der Waals surface area (Å²) >= 11 is 0. The fraction of sp³-hybridized carbons (Fsp3) is 0.448. The van der Waals surface area contributed by atoms with E-state index in [1.54, 1.807) is 9.80 Å². The van der Waals surface area contributed by atoms with E-state index < -0.39 is 23.6 Å². The molecule has 0 aliphatic carbocycles. The molecule has 0 saturated carbocycles. The second-order valence-electron chi connectivity index (χ2n) is 10.3. The summed E-state index contributed by atoms with van der Waals surface area (Å²) in [6, 6.07) is 11.4. The number of benzene rings is 2. The van der Waals surface area contributed by atoms with Gasteiger partial charge >= 0.3 is 6.18 Å². The third kappa shape index (κ3) is 8.06. The lowest BCUT2D eigenvalue weighted by atomic mass is 10.1. The van der Waals surface area contributed by atoms with Gasteiger partial charge in [-0.1, -0.05) is 25.1 Å². The van der Waals surface area contributed by atoms with Crippen molar-refractivity contribution >= 4 is 23.6 Å². The molecule has 12 heteroatoms. The van der Waals surface area contributed by atoms with Crippen LogP contribution in [0.3, 0.4) is 0 Å². The van der Waals surface area contributed by atoms with E-state index in [1.165, 1.54) is 11.6 Å². The molecular weight excluding hydrogens is 539 g/mol. The summed E-state index contributed by atoms with van der Waals surface area (Å²) < 4.78 is 38.6. The van der Waals surface area contributed by atoms with Gasteiger partial charge in [0.1, 0.15) is 0 Å². The Morgan fingerprint density at radius 2 is 1.59 bits per heavy atom. The number of rotatable bonds is 8. The van der Waals surface area contributed by atoms with E-state index in [1.807, 2.05) is 29.2 Å². The highest BCUT2D eigenvalue weighted by Gasteiger charge is 2.31. The molecule has 1 atom stereocenters. The van der Waals surface area contributed by atoms with Crippen LogP contribution < -0.4 is 10.6 Å². The minimum atomic E-state index is -4.57. The minimum Gasteiger partial charge on any atom is -0.350 e. The molecule has 9 nitrogen and oxygen atoms in total. The van der Waals surface area contributed by atoms with Gasteiger partial charge in [-0.15, -0.1) is 0 Å². The van der Waals surface area contributed by atoms with Gasteiger partial charge in [0.15, 0.2) is 0 Å². The average Bonchev–Trinajstić information content (AvgIpc) is 3.41. The van der Waals surface area contributed by atoms with Gasteiger partial charge in [0.05, 0.1) is 18.7 Å². The highest BCUT2D eigenvalue weighted by Crippen LogP contribution is 2.29. The summed E-state index contributed by atoms with van der Waals surface area (Å²) in [6.07, 6.45) is -3.04. The predicted octanol–water partition coefficient (Wildman–Crippen LogP) is 2.17. The van der Waals surface area contributed by atoms with Crippen molar-refractivity contribution in [2.24, 2.45) is 0 Å². The van der Waals surface area contributed by atoms with Gasteiger partial charge in [-0.05, 0) is 48.7 Å². The Labute approximate surface area is 236 Å². The van der Waals surface area contributed by atoms with Gasteiger partial charge < -0.3 is 20.4 Å². The summed E-state index contributed by atoms with van der Waals surface area (Å²) in [5, 5.41) is 5.14. The Hall–Kier alpha value is -3.93. The number of alkyl halides is 3. The zero-order valence-corrected chi connectivity index (χ0v) is 22.9. The van der Waals surface area contributed by atoms with Crippen LogP contribution in [0.2, 0.25) is 0 Å². The van der Waals surface area contributed by atoms with Gasteiger partial charge in [-0.2, -0.15) is 13.2 Å². The van der Waals surface area contributed by atoms with E-state index in [0.29, 0.717) is 51.3 Å². The second-order valence-corrected chi connectivity index (χ2v) is 10.3. The number of amides is 4. The first-order chi connectivity index (χ1) is 19.5. The Morgan fingerprint density at radius 3 is 2.24 bits per heavy atom. The van der Waals surface area contributed by atoms with Crippen LogP contribution in [0.15, 0.2) is 48.5 Å². The number of carbonyl (C=O) groups is 4. The number of likely N-dealkylation sites (tertiary alicyclic amines) is 1. The third-order valence-electron chi connectivity index (χ3n) is 7.39. The molecule has 0 bridgehead atoms. The van der Waals surface area contributed by atoms with Gasteiger partial charge in [-0.3, -0.25) is 24.1 Å². The number of hydrogen-bond donors (Lipinski definition) is 2. The molecule has 2 aromatic carbocycles. The highest BCUT2D eigenvalue weighted by molar-refractivity contribution is 5.96. The Morgan fingerprint density at radius 1 is 0.902 bits per heavy atom. The molecular formula is C29H34F3N5O4. The molecule has 2 N–H and O–H groups in total. The van der Waals surface area contributed by atoms with Crippen LogP contribution >= 0.6 is 0 Å². The molecule has 0 spiro atoms. The van der Waals surface area contributed by atoms with Crippen LogP contribution in [0.4, 0.5) is 13.2 Å². The van der Waals surface area contributed by atoms with Gasteiger partial charge in [0, 0.05) is 56.4 Å². The van der Waals surface area contributed by atoms with Gasteiger partial charge in [0.25, 0.3) is 11.8 Å². The van der Waals surface area contributed by atoms with Crippen molar-refractivity contribution in [1.82, 2.24) is 25.3 Å². The summed E-state index contributed by atoms with van der Waals surface area (Å²) in [5.41, 5.74) is 0.682. The second kappa shape index (κ2) is 13.2. The van der Waals surface area contributed by atoms with Crippen molar-refractivity contribution in [3.8, 4) is 0 Å². The van der Waals surface area contributed by atoms with Crippen LogP contribution in [0.1, 0.15) is 45.2 Å². The average molecular weight is 574 g/mol. The van der Waals surface area contributed by atoms with Crippen molar-refractivity contribution in [2.45, 2.75) is 32.0 Å². The topological polar surface area (TPSA) is 102 Å². The lowest BCUT2D eigenvalue weighted by Crippen LogP contribution is -2.52. The Balaban J connectivity index is 1.16. The molecule has 2 fully saturated rings. The van der Waals surface area contributed by atoms with Crippen molar-refractivity contribution in [3.63, 3.8) is 0 Å². The van der Waals surface area contributed by atoms with Gasteiger partial charge in [0.2, 0.25) is 11.8 Å². The number of halogens is 3. The summed E-state index contributed by atoms with van der Waals surface area (Å²) in [7, 11) is 0. The van der Waals surface area contributed by atoms with E-state index in [9.17, 15) is 32.3 Å². The van der Waals surface area contributed by atoms with Crippen molar-refractivity contribution in [1.29, 1.82) is 0 Å². The third-order valence-corrected chi connectivity index (χ3v) is 7.39. The molecule has 2 aliphatic heterocycles. The molecule has 220 valence electrons. The van der Waals surface area contributed by atoms with Crippen LogP contribution in [0.25, 0.3) is 0 Å². The lowest BCUT2D eigenvalue weighted by Gasteiger charge is -2.35. The zero-order chi connectivity index (χ0) is 29.6. The molecule has 4 rings (SSSR count). The van der Waals surface area contributed by atoms with Crippen LogP contribution in [0, 0.1) is 0 Å². The molecule has 0 aromatic heterocycles. The van der Waals surface area contributed by atoms with E-state index in [2.05, 4.69) is 17.6 Å². The van der Waals surface area contributed by atoms with E-state index in [-0.39, 0.29) is 36.5 Å². The Bertz CT molecular complexity index is 1260. The number of carbonyl (C=O) groups excluding carboxylic acids is 4. The largest absolute Gasteiger partial charge is 0.416 e. The quantitative estimate of drug-likeness (QED) is 0.504. The van der Waals surface area contributed by atoms with E-state index in [4.69, 9.17) is 0 Å². The fourth-order valence-corrected chi connectivity index (χ4v) is 4.99. The van der Waals surface area contributed by atoms with Crippen molar-refractivity contribution in [2.75, 3.05) is 52.4 Å². The predicted molar refractivity (Wildman–Crippen MR) is 145 cm³/mol. The number of hydrogen-bond acceptors (Lipinski definition) is 5. The summed E-state index contributed by atoms with van der Waals surface area (Å²) in [6.45, 7) is 4.79. The van der Waals surface area contributed by atoms with Gasteiger partial charge in [-0.25, -0.2) is 0 Å². The normalized spacial score (nSPS) is 17.8. The molecule has 2 saturated heterocycles. The first-order valence-electron chi connectivity index (χ1n) is 13.7. The minimum absolute atomic E-state index is 0.0373. The van der Waals surface area contributed by atoms with Crippen molar-refractivity contribution in [3.05, 3.63) is 70.8 Å².